The molecule has 0 aliphatic carbocycles. The van der Waals surface area contributed by atoms with Gasteiger partial charge in [0.05, 0.1) is 0 Å². The first-order chi connectivity index (χ1) is 11.7. The molecule has 2 heterocycles. The summed E-state index contributed by atoms with van der Waals surface area (Å²) in [6.07, 6.45) is 0. The molecule has 8 nitrogen and oxygen atoms in total. The topological polar surface area (TPSA) is 84.4 Å². The third-order valence-corrected chi connectivity index (χ3v) is 6.89. The lowest BCUT2D eigenvalue weighted by atomic mass is 10.1. The van der Waals surface area contributed by atoms with Crippen molar-refractivity contribution in [1.82, 2.24) is 14.1 Å². The van der Waals surface area contributed by atoms with Gasteiger partial charge in [-0.25, -0.2) is 8.61 Å². The Morgan fingerprint density at radius 3 is 2.32 bits per heavy atom. The van der Waals surface area contributed by atoms with E-state index in [1.54, 1.807) is 6.07 Å². The minimum absolute atomic E-state index is 0.136. The summed E-state index contributed by atoms with van der Waals surface area (Å²) < 4.78 is 26.3. The molecule has 2 aliphatic rings. The van der Waals surface area contributed by atoms with Gasteiger partial charge in [0, 0.05) is 39.8 Å². The standard InChI is InChI=1S/C15H23N4O4PS/c1-16-3-5-18(6-4-16)9-11-7-12(20)15(13(24)8-11)19-10-14(21)17(2)25(19,22)23/h7-8,20H,3-6,9-10,24H2,1-2H3. The average Bonchev–Trinajstić information content (AvgIpc) is 2.73. The van der Waals surface area contributed by atoms with E-state index in [2.05, 4.69) is 26.1 Å². The third-order valence-electron chi connectivity index (χ3n) is 4.69. The Morgan fingerprint density at radius 2 is 1.80 bits per heavy atom. The summed E-state index contributed by atoms with van der Waals surface area (Å²) in [6, 6.07) is 3.43. The highest BCUT2D eigenvalue weighted by atomic mass is 32.2. The van der Waals surface area contributed by atoms with E-state index in [9.17, 15) is 18.3 Å². The molecule has 10 heteroatoms. The first kappa shape index (κ1) is 18.4. The van der Waals surface area contributed by atoms with Gasteiger partial charge in [-0.05, 0) is 30.0 Å². The van der Waals surface area contributed by atoms with Crippen molar-refractivity contribution in [3.05, 3.63) is 17.7 Å². The fourth-order valence-corrected chi connectivity index (χ4v) is 5.03. The molecule has 0 spiro atoms. The lowest BCUT2D eigenvalue weighted by Gasteiger charge is -2.32. The van der Waals surface area contributed by atoms with Crippen LogP contribution in [0.15, 0.2) is 12.1 Å². The number of likely N-dealkylation sites (N-methyl/N-ethyl adjacent to an activating group) is 2. The fraction of sp³-hybridized carbons (Fsp3) is 0.533. The molecule has 1 atom stereocenters. The molecule has 1 unspecified atom stereocenters. The van der Waals surface area contributed by atoms with E-state index in [4.69, 9.17) is 0 Å². The van der Waals surface area contributed by atoms with E-state index in [-0.39, 0.29) is 18.0 Å². The number of hydrogen-bond acceptors (Lipinski definition) is 6. The van der Waals surface area contributed by atoms with Gasteiger partial charge in [-0.2, -0.15) is 8.42 Å². The molecule has 2 aliphatic heterocycles. The molecule has 3 rings (SSSR count). The van der Waals surface area contributed by atoms with Crippen LogP contribution >= 0.6 is 9.24 Å². The zero-order valence-electron chi connectivity index (χ0n) is 14.3. The van der Waals surface area contributed by atoms with Crippen molar-refractivity contribution in [2.24, 2.45) is 0 Å². The maximum atomic E-state index is 12.3. The highest BCUT2D eigenvalue weighted by Gasteiger charge is 2.41. The van der Waals surface area contributed by atoms with Crippen molar-refractivity contribution in [3.63, 3.8) is 0 Å². The van der Waals surface area contributed by atoms with Gasteiger partial charge in [0.1, 0.15) is 18.0 Å². The van der Waals surface area contributed by atoms with Gasteiger partial charge in [-0.15, -0.1) is 9.24 Å². The predicted molar refractivity (Wildman–Crippen MR) is 99.3 cm³/mol. The minimum Gasteiger partial charge on any atom is -0.506 e. The number of phenolic OH excluding ortho intramolecular Hbond substituents is 1. The second kappa shape index (κ2) is 6.72. The minimum atomic E-state index is -3.93. The first-order valence-electron chi connectivity index (χ1n) is 8.02. The van der Waals surface area contributed by atoms with E-state index in [1.807, 2.05) is 6.07 Å². The molecule has 138 valence electrons. The van der Waals surface area contributed by atoms with Crippen LogP contribution in [-0.2, 0) is 21.5 Å². The molecule has 0 bridgehead atoms. The molecule has 2 saturated heterocycles. The summed E-state index contributed by atoms with van der Waals surface area (Å²) in [4.78, 5) is 16.3. The van der Waals surface area contributed by atoms with Gasteiger partial charge in [0.15, 0.2) is 0 Å². The van der Waals surface area contributed by atoms with Crippen molar-refractivity contribution in [2.45, 2.75) is 6.54 Å². The lowest BCUT2D eigenvalue weighted by molar-refractivity contribution is -0.123. The van der Waals surface area contributed by atoms with Crippen molar-refractivity contribution in [1.29, 1.82) is 0 Å². The molecule has 1 aromatic rings. The van der Waals surface area contributed by atoms with Gasteiger partial charge in [-0.1, -0.05) is 0 Å². The van der Waals surface area contributed by atoms with E-state index in [1.165, 1.54) is 7.05 Å². The van der Waals surface area contributed by atoms with Gasteiger partial charge in [0.25, 0.3) is 5.91 Å². The summed E-state index contributed by atoms with van der Waals surface area (Å²) in [6.45, 7) is 4.28. The van der Waals surface area contributed by atoms with Gasteiger partial charge >= 0.3 is 10.2 Å². The molecule has 1 amide bonds. The zero-order chi connectivity index (χ0) is 18.4. The molecule has 0 saturated carbocycles. The number of piperazine rings is 1. The summed E-state index contributed by atoms with van der Waals surface area (Å²) >= 11 is 0. The van der Waals surface area contributed by atoms with Crippen LogP contribution in [0.4, 0.5) is 5.69 Å². The molecule has 0 radical (unpaired) electrons. The van der Waals surface area contributed by atoms with Crippen LogP contribution in [0.1, 0.15) is 5.56 Å². The summed E-state index contributed by atoms with van der Waals surface area (Å²) in [7, 11) is 1.84. The van der Waals surface area contributed by atoms with Crippen LogP contribution in [0.2, 0.25) is 0 Å². The largest absolute Gasteiger partial charge is 0.506 e. The van der Waals surface area contributed by atoms with Gasteiger partial charge in [-0.3, -0.25) is 9.69 Å². The Kier molecular flexibility index (Phi) is 4.94. The second-order valence-corrected chi connectivity index (χ2v) is 9.01. The first-order valence-corrected chi connectivity index (χ1v) is 9.99. The van der Waals surface area contributed by atoms with E-state index in [0.29, 0.717) is 16.2 Å². The average molecular weight is 386 g/mol. The van der Waals surface area contributed by atoms with Gasteiger partial charge in [0.2, 0.25) is 0 Å². The normalized spacial score (nSPS) is 22.0. The highest BCUT2D eigenvalue weighted by molar-refractivity contribution is 7.91. The van der Waals surface area contributed by atoms with Crippen LogP contribution in [0.5, 0.6) is 5.75 Å². The molecule has 1 aromatic carbocycles. The number of aromatic hydroxyl groups is 1. The third kappa shape index (κ3) is 3.46. The number of amides is 1. The second-order valence-electron chi connectivity index (χ2n) is 6.51. The monoisotopic (exact) mass is 386 g/mol. The SMILES string of the molecule is CN1CCN(Cc2cc(O)c(N3CC(=O)N(C)S3(=O)=O)c(P)c2)CC1. The number of benzene rings is 1. The molecule has 0 aromatic heterocycles. The van der Waals surface area contributed by atoms with E-state index < -0.39 is 16.1 Å². The summed E-state index contributed by atoms with van der Waals surface area (Å²) in [5.41, 5.74) is 1.05. The van der Waals surface area contributed by atoms with E-state index >= 15 is 0 Å². The Morgan fingerprint density at radius 1 is 1.16 bits per heavy atom. The number of anilines is 1. The van der Waals surface area contributed by atoms with Crippen molar-refractivity contribution >= 4 is 36.3 Å². The van der Waals surface area contributed by atoms with E-state index in [0.717, 1.165) is 36.0 Å². The highest BCUT2D eigenvalue weighted by Crippen LogP contribution is 2.33. The van der Waals surface area contributed by atoms with Crippen LogP contribution < -0.4 is 9.61 Å². The molecule has 2 fully saturated rings. The smallest absolute Gasteiger partial charge is 0.329 e. The molecule has 25 heavy (non-hydrogen) atoms. The molecule has 1 N–H and O–H groups in total. The maximum absolute atomic E-state index is 12.3. The molecular weight excluding hydrogens is 363 g/mol. The number of carbonyl (C=O) groups is 1. The quantitative estimate of drug-likeness (QED) is 0.683. The number of phenols is 1. The Hall–Kier alpha value is -1.41. The summed E-state index contributed by atoms with van der Waals surface area (Å²) in [5.74, 6) is -0.659. The van der Waals surface area contributed by atoms with Crippen LogP contribution in [0.25, 0.3) is 0 Å². The van der Waals surface area contributed by atoms with Crippen LogP contribution in [0, 0.1) is 0 Å². The predicted octanol–water partition coefficient (Wildman–Crippen LogP) is -0.837. The van der Waals surface area contributed by atoms with Crippen molar-refractivity contribution in [3.8, 4) is 5.75 Å². The fourth-order valence-electron chi connectivity index (χ4n) is 3.10. The Labute approximate surface area is 150 Å². The van der Waals surface area contributed by atoms with Crippen LogP contribution in [0.3, 0.4) is 0 Å². The maximum Gasteiger partial charge on any atom is 0.329 e. The van der Waals surface area contributed by atoms with Gasteiger partial charge < -0.3 is 10.0 Å². The number of rotatable bonds is 3. The Bertz CT molecular complexity index is 770. The summed E-state index contributed by atoms with van der Waals surface area (Å²) in [5, 5.41) is 11.0. The van der Waals surface area contributed by atoms with Crippen LogP contribution in [-0.4, -0.2) is 80.4 Å². The molecular formula is C15H23N4O4PS. The zero-order valence-corrected chi connectivity index (χ0v) is 16.3. The Balaban J connectivity index is 1.85. The number of nitrogens with zero attached hydrogens (tertiary/aromatic N) is 4. The lowest BCUT2D eigenvalue weighted by Crippen LogP contribution is -2.43. The van der Waals surface area contributed by atoms with Crippen molar-refractivity contribution in [2.75, 3.05) is 51.1 Å². The van der Waals surface area contributed by atoms with Crippen molar-refractivity contribution < 1.29 is 18.3 Å². The number of carbonyl (C=O) groups excluding carboxylic acids is 1. The number of hydrogen-bond donors (Lipinski definition) is 1.